The maximum absolute atomic E-state index is 13.2. The number of benzene rings is 2. The van der Waals surface area contributed by atoms with Crippen LogP contribution in [0.3, 0.4) is 0 Å². The summed E-state index contributed by atoms with van der Waals surface area (Å²) in [5, 5.41) is 3.21. The van der Waals surface area contributed by atoms with Gasteiger partial charge in [0.25, 0.3) is 15.9 Å². The monoisotopic (exact) mass is 561 g/mol. The predicted molar refractivity (Wildman–Crippen MR) is 145 cm³/mol. The average molecular weight is 563 g/mol. The van der Waals surface area contributed by atoms with E-state index in [1.54, 1.807) is 30.3 Å². The van der Waals surface area contributed by atoms with E-state index in [4.69, 9.17) is 0 Å². The van der Waals surface area contributed by atoms with Crippen LogP contribution < -0.4 is 14.9 Å². The van der Waals surface area contributed by atoms with Gasteiger partial charge in [-0.25, -0.2) is 8.42 Å². The van der Waals surface area contributed by atoms with E-state index in [1.165, 1.54) is 6.42 Å². The molecule has 3 unspecified atom stereocenters. The fraction of sp³-hybridized carbons (Fsp3) is 0.519. The summed E-state index contributed by atoms with van der Waals surface area (Å²) in [7, 11) is -3.82. The number of amides is 1. The van der Waals surface area contributed by atoms with Gasteiger partial charge in [-0.05, 0) is 79.5 Å². The number of hydrogen-bond donors (Lipinski definition) is 2. The molecular weight excluding hydrogens is 526 g/mol. The summed E-state index contributed by atoms with van der Waals surface area (Å²) in [6, 6.07) is 12.1. The van der Waals surface area contributed by atoms with Crippen molar-refractivity contribution in [1.29, 1.82) is 0 Å². The Morgan fingerprint density at radius 2 is 1.66 bits per heavy atom. The van der Waals surface area contributed by atoms with Gasteiger partial charge in [0.05, 0.1) is 16.3 Å². The number of halogens is 1. The van der Waals surface area contributed by atoms with Crippen molar-refractivity contribution in [3.8, 4) is 0 Å². The van der Waals surface area contributed by atoms with Crippen LogP contribution in [0, 0.1) is 17.8 Å². The number of rotatable bonds is 6. The molecule has 1 aliphatic carbocycles. The van der Waals surface area contributed by atoms with Gasteiger partial charge in [0.1, 0.15) is 0 Å². The molecule has 3 atom stereocenters. The van der Waals surface area contributed by atoms with E-state index < -0.39 is 10.0 Å². The van der Waals surface area contributed by atoms with Crippen molar-refractivity contribution in [2.45, 2.75) is 63.8 Å². The van der Waals surface area contributed by atoms with E-state index in [0.29, 0.717) is 29.0 Å². The third-order valence-electron chi connectivity index (χ3n) is 7.77. The zero-order chi connectivity index (χ0) is 25.2. The molecule has 35 heavy (non-hydrogen) atoms. The second-order valence-corrected chi connectivity index (χ2v) is 12.9. The van der Waals surface area contributed by atoms with Crippen LogP contribution in [0.4, 0.5) is 11.4 Å². The Labute approximate surface area is 218 Å². The van der Waals surface area contributed by atoms with Crippen molar-refractivity contribution in [3.63, 3.8) is 0 Å². The zero-order valence-corrected chi connectivity index (χ0v) is 23.2. The van der Waals surface area contributed by atoms with Gasteiger partial charge in [-0.3, -0.25) is 9.52 Å². The van der Waals surface area contributed by atoms with Crippen LogP contribution in [-0.4, -0.2) is 33.5 Å². The number of hydrogen-bond acceptors (Lipinski definition) is 4. The van der Waals surface area contributed by atoms with E-state index >= 15 is 0 Å². The summed E-state index contributed by atoms with van der Waals surface area (Å²) < 4.78 is 30.1. The van der Waals surface area contributed by atoms with Gasteiger partial charge in [-0.1, -0.05) is 49.5 Å². The van der Waals surface area contributed by atoms with Gasteiger partial charge < -0.3 is 10.2 Å². The Bertz CT molecular complexity index is 1140. The van der Waals surface area contributed by atoms with Crippen molar-refractivity contribution in [1.82, 2.24) is 5.32 Å². The lowest BCUT2D eigenvalue weighted by Gasteiger charge is -2.35. The van der Waals surface area contributed by atoms with Gasteiger partial charge >= 0.3 is 0 Å². The molecule has 0 bridgehead atoms. The number of piperidine rings is 1. The lowest BCUT2D eigenvalue weighted by Crippen LogP contribution is -2.43. The second kappa shape index (κ2) is 10.9. The summed E-state index contributed by atoms with van der Waals surface area (Å²) >= 11 is 3.36. The van der Waals surface area contributed by atoms with Crippen LogP contribution in [0.2, 0.25) is 0 Å². The van der Waals surface area contributed by atoms with Crippen molar-refractivity contribution >= 4 is 43.2 Å². The molecule has 190 valence electrons. The fourth-order valence-electron chi connectivity index (χ4n) is 5.14. The molecule has 1 saturated carbocycles. The van der Waals surface area contributed by atoms with Crippen molar-refractivity contribution in [3.05, 3.63) is 52.5 Å². The zero-order valence-electron chi connectivity index (χ0n) is 20.8. The molecule has 8 heteroatoms. The predicted octanol–water partition coefficient (Wildman–Crippen LogP) is 6.04. The van der Waals surface area contributed by atoms with Gasteiger partial charge in [-0.2, -0.15) is 0 Å². The van der Waals surface area contributed by atoms with E-state index in [9.17, 15) is 13.2 Å². The van der Waals surface area contributed by atoms with Crippen molar-refractivity contribution < 1.29 is 13.2 Å². The van der Waals surface area contributed by atoms with E-state index in [0.717, 1.165) is 48.9 Å². The highest BCUT2D eigenvalue weighted by Gasteiger charge is 2.29. The molecule has 4 rings (SSSR count). The molecule has 1 aliphatic heterocycles. The van der Waals surface area contributed by atoms with Crippen LogP contribution >= 0.6 is 15.9 Å². The van der Waals surface area contributed by atoms with E-state index in [1.807, 2.05) is 12.1 Å². The highest BCUT2D eigenvalue weighted by Crippen LogP contribution is 2.34. The molecular formula is C27H36BrN3O3S. The van der Waals surface area contributed by atoms with E-state index in [-0.39, 0.29) is 16.8 Å². The number of carbonyl (C=O) groups excluding carboxylic acids is 1. The van der Waals surface area contributed by atoms with Gasteiger partial charge in [0, 0.05) is 29.2 Å². The number of anilines is 2. The highest BCUT2D eigenvalue weighted by atomic mass is 79.9. The minimum absolute atomic E-state index is 0.136. The Morgan fingerprint density at radius 1 is 0.971 bits per heavy atom. The third-order valence-corrected chi connectivity index (χ3v) is 9.68. The van der Waals surface area contributed by atoms with Gasteiger partial charge in [0.2, 0.25) is 0 Å². The molecule has 0 radical (unpaired) electrons. The molecule has 1 saturated heterocycles. The summed E-state index contributed by atoms with van der Waals surface area (Å²) in [5.74, 6) is 1.49. The van der Waals surface area contributed by atoms with Crippen LogP contribution in [0.15, 0.2) is 51.8 Å². The summed E-state index contributed by atoms with van der Waals surface area (Å²) in [5.41, 5.74) is 1.73. The van der Waals surface area contributed by atoms with Crippen molar-refractivity contribution in [2.75, 3.05) is 22.7 Å². The third kappa shape index (κ3) is 6.20. The first kappa shape index (κ1) is 26.0. The molecule has 2 aliphatic rings. The maximum atomic E-state index is 13.2. The lowest BCUT2D eigenvalue weighted by atomic mass is 9.78. The van der Waals surface area contributed by atoms with Gasteiger partial charge in [-0.15, -0.1) is 0 Å². The number of carbonyl (C=O) groups is 1. The molecule has 0 aromatic heterocycles. The lowest BCUT2D eigenvalue weighted by molar-refractivity contribution is 0.0891. The summed E-state index contributed by atoms with van der Waals surface area (Å²) in [6.07, 6.45) is 5.39. The minimum atomic E-state index is -3.82. The first-order valence-electron chi connectivity index (χ1n) is 12.6. The average Bonchev–Trinajstić information content (AvgIpc) is 2.82. The largest absolute Gasteiger partial charge is 0.370 e. The first-order chi connectivity index (χ1) is 16.6. The molecule has 2 aromatic rings. The number of nitrogens with one attached hydrogen (secondary N) is 2. The SMILES string of the molecule is CC1CCN(c2ccc(C(=O)NC3CCCC(C)C3C)cc2NS(=O)(=O)c2ccc(Br)cc2)CC1. The quantitative estimate of drug-likeness (QED) is 0.450. The van der Waals surface area contributed by atoms with Crippen LogP contribution in [-0.2, 0) is 10.0 Å². The second-order valence-electron chi connectivity index (χ2n) is 10.3. The molecule has 2 N–H and O–H groups in total. The molecule has 0 spiro atoms. The fourth-order valence-corrected chi connectivity index (χ4v) is 6.47. The molecule has 1 heterocycles. The van der Waals surface area contributed by atoms with E-state index in [2.05, 4.69) is 51.6 Å². The normalized spacial score (nSPS) is 23.7. The van der Waals surface area contributed by atoms with Crippen LogP contribution in [0.5, 0.6) is 0 Å². The summed E-state index contributed by atoms with van der Waals surface area (Å²) in [4.78, 5) is 15.6. The van der Waals surface area contributed by atoms with Crippen molar-refractivity contribution in [2.24, 2.45) is 17.8 Å². The Hall–Kier alpha value is -2.06. The van der Waals surface area contributed by atoms with Gasteiger partial charge in [0.15, 0.2) is 0 Å². The summed E-state index contributed by atoms with van der Waals surface area (Å²) in [6.45, 7) is 8.41. The Morgan fingerprint density at radius 3 is 2.34 bits per heavy atom. The minimum Gasteiger partial charge on any atom is -0.370 e. The Kier molecular flexibility index (Phi) is 8.11. The smallest absolute Gasteiger partial charge is 0.261 e. The molecule has 2 aromatic carbocycles. The maximum Gasteiger partial charge on any atom is 0.261 e. The van der Waals surface area contributed by atoms with Crippen LogP contribution in [0.1, 0.15) is 63.2 Å². The van der Waals surface area contributed by atoms with Crippen LogP contribution in [0.25, 0.3) is 0 Å². The standard InChI is InChI=1S/C27H36BrN3O3S/c1-18-13-15-31(16-14-18)26-12-7-21(27(32)29-24-6-4-5-19(2)20(24)3)17-25(26)30-35(33,34)23-10-8-22(28)9-11-23/h7-12,17-20,24,30H,4-6,13-16H2,1-3H3,(H,29,32). The molecule has 2 fully saturated rings. The molecule has 6 nitrogen and oxygen atoms in total. The molecule has 1 amide bonds. The highest BCUT2D eigenvalue weighted by molar-refractivity contribution is 9.10. The first-order valence-corrected chi connectivity index (χ1v) is 14.9. The number of sulfonamides is 1. The Balaban J connectivity index is 1.63. The topological polar surface area (TPSA) is 78.5 Å². The number of nitrogens with zero attached hydrogens (tertiary/aromatic N) is 1.